The Morgan fingerprint density at radius 1 is 1.10 bits per heavy atom. The molecule has 0 aromatic heterocycles. The Hall–Kier alpha value is -1.37. The van der Waals surface area contributed by atoms with Crippen molar-refractivity contribution in [1.82, 2.24) is 10.2 Å². The van der Waals surface area contributed by atoms with Crippen LogP contribution in [0, 0.1) is 11.3 Å². The molecule has 0 spiro atoms. The molecule has 0 bridgehead atoms. The molecular formula is C18H29N3. The van der Waals surface area contributed by atoms with Gasteiger partial charge in [0.05, 0.1) is 6.07 Å². The minimum atomic E-state index is -0.571. The summed E-state index contributed by atoms with van der Waals surface area (Å²) in [5.41, 5.74) is 0.506. The maximum absolute atomic E-state index is 9.84. The minimum Gasteiger partial charge on any atom is -0.304 e. The van der Waals surface area contributed by atoms with Gasteiger partial charge in [-0.05, 0) is 44.5 Å². The molecule has 3 nitrogen and oxygen atoms in total. The number of nitriles is 1. The Morgan fingerprint density at radius 3 is 2.33 bits per heavy atom. The second-order valence-corrected chi connectivity index (χ2v) is 5.49. The lowest BCUT2D eigenvalue weighted by molar-refractivity contribution is 0.250. The third-order valence-corrected chi connectivity index (χ3v) is 3.92. The second-order valence-electron chi connectivity index (χ2n) is 5.49. The summed E-state index contributed by atoms with van der Waals surface area (Å²) in [6.45, 7) is 10.5. The molecule has 0 amide bonds. The summed E-state index contributed by atoms with van der Waals surface area (Å²) < 4.78 is 0. The molecule has 1 unspecified atom stereocenters. The lowest BCUT2D eigenvalue weighted by atomic mass is 9.87. The van der Waals surface area contributed by atoms with Crippen LogP contribution in [0.25, 0.3) is 0 Å². The number of hydrogen-bond donors (Lipinski definition) is 1. The zero-order valence-corrected chi connectivity index (χ0v) is 13.7. The van der Waals surface area contributed by atoms with E-state index in [1.807, 2.05) is 18.2 Å². The fourth-order valence-corrected chi connectivity index (χ4v) is 2.63. The van der Waals surface area contributed by atoms with Gasteiger partial charge in [-0.15, -0.1) is 0 Å². The lowest BCUT2D eigenvalue weighted by Crippen LogP contribution is -2.44. The van der Waals surface area contributed by atoms with Gasteiger partial charge in [-0.3, -0.25) is 5.32 Å². The first-order valence-electron chi connectivity index (χ1n) is 8.16. The van der Waals surface area contributed by atoms with Crippen molar-refractivity contribution in [2.75, 3.05) is 26.2 Å². The fourth-order valence-electron chi connectivity index (χ4n) is 2.63. The number of benzene rings is 1. The number of hydrogen-bond acceptors (Lipinski definition) is 3. The van der Waals surface area contributed by atoms with E-state index >= 15 is 0 Å². The van der Waals surface area contributed by atoms with Crippen LogP contribution in [0.3, 0.4) is 0 Å². The van der Waals surface area contributed by atoms with Crippen molar-refractivity contribution in [3.63, 3.8) is 0 Å². The standard InChI is InChI=1S/C18H29N3/c1-4-13-20-18(16-19,17-10-8-7-9-11-17)12-15-21(6-3)14-5-2/h7-11,20H,4-6,12-15H2,1-3H3. The van der Waals surface area contributed by atoms with Gasteiger partial charge in [0, 0.05) is 6.54 Å². The Bertz CT molecular complexity index is 424. The van der Waals surface area contributed by atoms with Crippen LogP contribution in [-0.2, 0) is 5.54 Å². The van der Waals surface area contributed by atoms with Gasteiger partial charge in [-0.25, -0.2) is 0 Å². The van der Waals surface area contributed by atoms with E-state index in [-0.39, 0.29) is 0 Å². The second kappa shape index (κ2) is 9.55. The molecule has 0 heterocycles. The van der Waals surface area contributed by atoms with Crippen LogP contribution in [0.2, 0.25) is 0 Å². The zero-order valence-electron chi connectivity index (χ0n) is 13.7. The lowest BCUT2D eigenvalue weighted by Gasteiger charge is -2.31. The molecule has 0 radical (unpaired) electrons. The van der Waals surface area contributed by atoms with Gasteiger partial charge in [0.1, 0.15) is 5.54 Å². The van der Waals surface area contributed by atoms with Gasteiger partial charge in [0.15, 0.2) is 0 Å². The van der Waals surface area contributed by atoms with Crippen LogP contribution in [0.5, 0.6) is 0 Å². The van der Waals surface area contributed by atoms with Gasteiger partial charge < -0.3 is 4.90 Å². The van der Waals surface area contributed by atoms with Crippen LogP contribution < -0.4 is 5.32 Å². The fraction of sp³-hybridized carbons (Fsp3) is 0.611. The molecular weight excluding hydrogens is 258 g/mol. The molecule has 1 aromatic rings. The summed E-state index contributed by atoms with van der Waals surface area (Å²) in [5.74, 6) is 0. The van der Waals surface area contributed by atoms with Crippen molar-refractivity contribution in [3.05, 3.63) is 35.9 Å². The monoisotopic (exact) mass is 287 g/mol. The molecule has 0 aliphatic carbocycles. The molecule has 0 aliphatic heterocycles. The number of rotatable bonds is 10. The first-order valence-corrected chi connectivity index (χ1v) is 8.16. The van der Waals surface area contributed by atoms with Crippen molar-refractivity contribution < 1.29 is 0 Å². The summed E-state index contributed by atoms with van der Waals surface area (Å²) in [6.07, 6.45) is 3.01. The van der Waals surface area contributed by atoms with Crippen molar-refractivity contribution >= 4 is 0 Å². The van der Waals surface area contributed by atoms with Crippen molar-refractivity contribution in [3.8, 4) is 6.07 Å². The summed E-state index contributed by atoms with van der Waals surface area (Å²) in [7, 11) is 0. The van der Waals surface area contributed by atoms with Crippen LogP contribution in [-0.4, -0.2) is 31.1 Å². The molecule has 0 saturated heterocycles. The molecule has 0 aliphatic rings. The quantitative estimate of drug-likeness (QED) is 0.715. The summed E-state index contributed by atoms with van der Waals surface area (Å²) >= 11 is 0. The van der Waals surface area contributed by atoms with Gasteiger partial charge >= 0.3 is 0 Å². The van der Waals surface area contributed by atoms with Crippen LogP contribution >= 0.6 is 0 Å². The first kappa shape index (κ1) is 17.7. The molecule has 1 aromatic carbocycles. The largest absolute Gasteiger partial charge is 0.304 e. The highest BCUT2D eigenvalue weighted by molar-refractivity contribution is 5.31. The average Bonchev–Trinajstić information content (AvgIpc) is 2.55. The molecule has 3 heteroatoms. The van der Waals surface area contributed by atoms with E-state index in [1.54, 1.807) is 0 Å². The minimum absolute atomic E-state index is 0.571. The highest BCUT2D eigenvalue weighted by atomic mass is 15.1. The summed E-state index contributed by atoms with van der Waals surface area (Å²) in [4.78, 5) is 2.42. The molecule has 0 saturated carbocycles. The normalized spacial score (nSPS) is 13.9. The Labute approximate surface area is 130 Å². The molecule has 1 rings (SSSR count). The van der Waals surface area contributed by atoms with E-state index in [0.29, 0.717) is 0 Å². The van der Waals surface area contributed by atoms with Crippen molar-refractivity contribution in [2.24, 2.45) is 0 Å². The number of nitrogens with one attached hydrogen (secondary N) is 1. The average molecular weight is 287 g/mol. The maximum Gasteiger partial charge on any atom is 0.133 e. The van der Waals surface area contributed by atoms with E-state index in [9.17, 15) is 5.26 Å². The molecule has 0 fully saturated rings. The molecule has 1 N–H and O–H groups in total. The predicted molar refractivity (Wildman–Crippen MR) is 89.0 cm³/mol. The first-order chi connectivity index (χ1) is 10.2. The summed E-state index contributed by atoms with van der Waals surface area (Å²) in [5, 5.41) is 13.3. The Morgan fingerprint density at radius 2 is 1.81 bits per heavy atom. The SMILES string of the molecule is CCCNC(C#N)(CCN(CC)CCC)c1ccccc1. The Balaban J connectivity index is 2.89. The van der Waals surface area contributed by atoms with Crippen LogP contribution in [0.15, 0.2) is 30.3 Å². The van der Waals surface area contributed by atoms with E-state index in [0.717, 1.165) is 51.0 Å². The van der Waals surface area contributed by atoms with E-state index in [1.165, 1.54) is 0 Å². The predicted octanol–water partition coefficient (Wildman–Crippen LogP) is 3.53. The smallest absolute Gasteiger partial charge is 0.133 e. The highest BCUT2D eigenvalue weighted by Gasteiger charge is 2.31. The zero-order chi connectivity index (χ0) is 15.6. The van der Waals surface area contributed by atoms with E-state index in [4.69, 9.17) is 0 Å². The van der Waals surface area contributed by atoms with Gasteiger partial charge in [0.2, 0.25) is 0 Å². The van der Waals surface area contributed by atoms with Crippen molar-refractivity contribution in [1.29, 1.82) is 5.26 Å². The molecule has 21 heavy (non-hydrogen) atoms. The van der Waals surface area contributed by atoms with Gasteiger partial charge in [-0.1, -0.05) is 51.1 Å². The van der Waals surface area contributed by atoms with Crippen LogP contribution in [0.1, 0.15) is 45.6 Å². The van der Waals surface area contributed by atoms with Gasteiger partial charge in [-0.2, -0.15) is 5.26 Å². The van der Waals surface area contributed by atoms with Crippen LogP contribution in [0.4, 0.5) is 0 Å². The van der Waals surface area contributed by atoms with E-state index in [2.05, 4.69) is 49.2 Å². The topological polar surface area (TPSA) is 39.1 Å². The van der Waals surface area contributed by atoms with Crippen molar-refractivity contribution in [2.45, 2.75) is 45.6 Å². The summed E-state index contributed by atoms with van der Waals surface area (Å²) in [6, 6.07) is 12.7. The molecule has 116 valence electrons. The highest BCUT2D eigenvalue weighted by Crippen LogP contribution is 2.25. The maximum atomic E-state index is 9.84. The number of nitrogens with zero attached hydrogens (tertiary/aromatic N) is 2. The van der Waals surface area contributed by atoms with Gasteiger partial charge in [0.25, 0.3) is 0 Å². The van der Waals surface area contributed by atoms with E-state index < -0.39 is 5.54 Å². The Kier molecular flexibility index (Phi) is 8.04. The molecule has 1 atom stereocenters. The third kappa shape index (κ3) is 5.15. The third-order valence-electron chi connectivity index (χ3n) is 3.92.